The summed E-state index contributed by atoms with van der Waals surface area (Å²) in [6, 6.07) is 0. The third kappa shape index (κ3) is 10.1. The van der Waals surface area contributed by atoms with Gasteiger partial charge in [0.2, 0.25) is 33.3 Å². The van der Waals surface area contributed by atoms with Crippen LogP contribution in [0.3, 0.4) is 0 Å². The van der Waals surface area contributed by atoms with E-state index in [4.69, 9.17) is 20.6 Å². The zero-order valence-electron chi connectivity index (χ0n) is 26.4. The molecule has 0 spiro atoms. The second kappa shape index (κ2) is 14.0. The van der Waals surface area contributed by atoms with Crippen molar-refractivity contribution in [3.63, 3.8) is 0 Å². The summed E-state index contributed by atoms with van der Waals surface area (Å²) in [4.78, 5) is 0. The molecule has 2 aliphatic rings. The van der Waals surface area contributed by atoms with E-state index in [0.29, 0.717) is 0 Å². The van der Waals surface area contributed by atoms with Crippen molar-refractivity contribution in [3.8, 4) is 0 Å². The normalized spacial score (nSPS) is 19.5. The summed E-state index contributed by atoms with van der Waals surface area (Å²) >= 11 is 0. The molecule has 0 radical (unpaired) electrons. The van der Waals surface area contributed by atoms with Crippen LogP contribution >= 0.6 is 0 Å². The van der Waals surface area contributed by atoms with Crippen molar-refractivity contribution in [1.82, 2.24) is 0 Å². The quantitative estimate of drug-likeness (QED) is 0.157. The van der Waals surface area contributed by atoms with Gasteiger partial charge in [0.15, 0.2) is 0 Å². The number of rotatable bonds is 16. The highest BCUT2D eigenvalue weighted by molar-refractivity contribution is 6.96. The molecule has 0 aromatic carbocycles. The molecule has 0 unspecified atom stereocenters. The van der Waals surface area contributed by atoms with Gasteiger partial charge in [0.05, 0.1) is 0 Å². The lowest BCUT2D eigenvalue weighted by atomic mass is 10.0. The third-order valence-electron chi connectivity index (χ3n) is 8.08. The third-order valence-corrected chi connectivity index (χ3v) is 30.4. The van der Waals surface area contributed by atoms with Crippen LogP contribution in [0.5, 0.6) is 0 Å². The zero-order chi connectivity index (χ0) is 29.6. The Labute approximate surface area is 247 Å². The second-order valence-corrected chi connectivity index (χ2v) is 36.2. The fourth-order valence-corrected chi connectivity index (χ4v) is 29.5. The maximum atomic E-state index is 7.79. The Morgan fingerprint density at radius 2 is 0.641 bits per heavy atom. The molecule has 2 aliphatic carbocycles. The highest BCUT2D eigenvalue weighted by atomic mass is 28.5. The van der Waals surface area contributed by atoms with Crippen LogP contribution in [-0.4, -0.2) is 50.9 Å². The first-order valence-electron chi connectivity index (χ1n) is 15.0. The minimum Gasteiger partial charge on any atom is -0.412 e. The highest BCUT2D eigenvalue weighted by Gasteiger charge is 2.65. The monoisotopic (exact) mass is 642 g/mol. The summed E-state index contributed by atoms with van der Waals surface area (Å²) in [7, 11) is -16.1. The van der Waals surface area contributed by atoms with Gasteiger partial charge in [-0.25, -0.2) is 0 Å². The van der Waals surface area contributed by atoms with Crippen molar-refractivity contribution < 1.29 is 20.6 Å². The van der Waals surface area contributed by atoms with Gasteiger partial charge >= 0.3 is 17.6 Å². The molecule has 0 aromatic heterocycles. The smallest absolute Gasteiger partial charge is 0.412 e. The molecule has 0 amide bonds. The van der Waals surface area contributed by atoms with Crippen LogP contribution in [0.15, 0.2) is 49.1 Å². The number of hydrogen-bond acceptors (Lipinski definition) is 5. The minimum atomic E-state index is -3.38. The van der Waals surface area contributed by atoms with E-state index in [9.17, 15) is 0 Å². The van der Waals surface area contributed by atoms with Gasteiger partial charge in [0, 0.05) is 11.1 Å². The Morgan fingerprint density at radius 1 is 0.410 bits per heavy atom. The Kier molecular flexibility index (Phi) is 12.7. The maximum absolute atomic E-state index is 7.79. The molecule has 0 atom stereocenters. The summed E-state index contributed by atoms with van der Waals surface area (Å²) in [6.45, 7) is 34.4. The molecule has 11 heteroatoms. The van der Waals surface area contributed by atoms with Gasteiger partial charge < -0.3 is 20.6 Å². The van der Waals surface area contributed by atoms with Crippen molar-refractivity contribution in [2.45, 2.75) is 128 Å². The Hall–Kier alpha value is 0.0613. The summed E-state index contributed by atoms with van der Waals surface area (Å²) < 4.78 is 37.2. The van der Waals surface area contributed by atoms with Gasteiger partial charge in [0.1, 0.15) is 0 Å². The van der Waals surface area contributed by atoms with Gasteiger partial charge in [-0.3, -0.25) is 0 Å². The largest absolute Gasteiger partial charge is 0.476 e. The first-order chi connectivity index (χ1) is 18.0. The highest BCUT2D eigenvalue weighted by Crippen LogP contribution is 2.49. The fourth-order valence-electron chi connectivity index (χ4n) is 5.37. The maximum Gasteiger partial charge on any atom is 0.476 e. The van der Waals surface area contributed by atoms with E-state index in [-0.39, 0.29) is 11.1 Å². The van der Waals surface area contributed by atoms with Crippen LogP contribution in [0.25, 0.3) is 0 Å². The summed E-state index contributed by atoms with van der Waals surface area (Å²) in [5.41, 5.74) is 8.50. The van der Waals surface area contributed by atoms with Crippen LogP contribution in [0.4, 0.5) is 0 Å². The molecule has 0 aliphatic heterocycles. The second-order valence-electron chi connectivity index (χ2n) is 13.6. The zero-order valence-corrected chi connectivity index (χ0v) is 32.4. The number of hydrogen-bond donors (Lipinski definition) is 0. The molecule has 0 heterocycles. The van der Waals surface area contributed by atoms with Crippen LogP contribution in [0.2, 0.25) is 63.5 Å². The molecular formula is C28H58O5Si6. The van der Waals surface area contributed by atoms with Gasteiger partial charge in [-0.2, -0.15) is 0 Å². The van der Waals surface area contributed by atoms with Crippen molar-refractivity contribution >= 4 is 50.9 Å². The van der Waals surface area contributed by atoms with E-state index in [1.807, 2.05) is 22.8 Å². The van der Waals surface area contributed by atoms with Crippen LogP contribution in [0, 0.1) is 0 Å². The molecule has 0 saturated heterocycles. The Morgan fingerprint density at radius 3 is 0.846 bits per heavy atom. The standard InChI is InChI=1S/C28H58O5Si6/c1-13-34(5,6)29-38(30-35(7,8)14-2,27-23-19-17-20-24-27)33-39(31-36(9,10)15-3,32-37(11,12)16-4)28-25-21-18-22-26-28/h13-16,27-28H,1-4,17-26H2,5-12H3. The topological polar surface area (TPSA) is 46.2 Å². The lowest BCUT2D eigenvalue weighted by molar-refractivity contribution is 0.144. The van der Waals surface area contributed by atoms with E-state index in [1.54, 1.807) is 0 Å². The minimum absolute atomic E-state index is 0.217. The fraction of sp³-hybridized carbons (Fsp3) is 0.714. The summed E-state index contributed by atoms with van der Waals surface area (Å²) in [5, 5.41) is 0. The summed E-state index contributed by atoms with van der Waals surface area (Å²) in [5.74, 6) is 0. The molecule has 224 valence electrons. The SMILES string of the molecule is C=C[Si](C)(C)O[Si](O[Si](C)(C)C=C)(O[Si](O[Si](C)(C)C=C)(O[Si](C)(C)C=C)C1CCCCC1)C1CCCCC1. The van der Waals surface area contributed by atoms with E-state index in [2.05, 4.69) is 78.7 Å². The van der Waals surface area contributed by atoms with Crippen molar-refractivity contribution in [3.05, 3.63) is 49.1 Å². The Bertz CT molecular complexity index is 735. The molecule has 2 fully saturated rings. The van der Waals surface area contributed by atoms with E-state index < -0.39 is 50.9 Å². The van der Waals surface area contributed by atoms with Crippen LogP contribution < -0.4 is 0 Å². The van der Waals surface area contributed by atoms with E-state index in [1.165, 1.54) is 38.5 Å². The lowest BCUT2D eigenvalue weighted by Gasteiger charge is -2.52. The molecular weight excluding hydrogens is 585 g/mol. The van der Waals surface area contributed by atoms with E-state index >= 15 is 0 Å². The summed E-state index contributed by atoms with van der Waals surface area (Å²) in [6.07, 6.45) is 11.4. The van der Waals surface area contributed by atoms with Crippen LogP contribution in [0.1, 0.15) is 64.2 Å². The van der Waals surface area contributed by atoms with Gasteiger partial charge in [-0.15, -0.1) is 26.3 Å². The van der Waals surface area contributed by atoms with Gasteiger partial charge in [0.25, 0.3) is 0 Å². The molecule has 0 aromatic rings. The van der Waals surface area contributed by atoms with E-state index in [0.717, 1.165) is 25.7 Å². The predicted molar refractivity (Wildman–Crippen MR) is 181 cm³/mol. The molecule has 0 N–H and O–H groups in total. The molecule has 5 nitrogen and oxygen atoms in total. The lowest BCUT2D eigenvalue weighted by Crippen LogP contribution is -2.70. The Balaban J connectivity index is 2.87. The molecule has 2 rings (SSSR count). The van der Waals surface area contributed by atoms with Gasteiger partial charge in [-0.05, 0) is 78.1 Å². The first-order valence-corrected chi connectivity index (χ1v) is 30.6. The van der Waals surface area contributed by atoms with Gasteiger partial charge in [-0.1, -0.05) is 61.3 Å². The molecule has 2 saturated carbocycles. The predicted octanol–water partition coefficient (Wildman–Crippen LogP) is 9.34. The van der Waals surface area contributed by atoms with Crippen molar-refractivity contribution in [2.75, 3.05) is 0 Å². The first kappa shape index (κ1) is 35.3. The van der Waals surface area contributed by atoms with Crippen LogP contribution in [-0.2, 0) is 20.6 Å². The average molecular weight is 643 g/mol. The average Bonchev–Trinajstić information content (AvgIpc) is 2.88. The molecule has 39 heavy (non-hydrogen) atoms. The molecule has 0 bridgehead atoms. The van der Waals surface area contributed by atoms with Crippen molar-refractivity contribution in [1.29, 1.82) is 0 Å². The van der Waals surface area contributed by atoms with Crippen molar-refractivity contribution in [2.24, 2.45) is 0 Å².